The summed E-state index contributed by atoms with van der Waals surface area (Å²) in [6.07, 6.45) is 2.11. The molecule has 0 spiro atoms. The Morgan fingerprint density at radius 2 is 2.31 bits per heavy atom. The van der Waals surface area contributed by atoms with E-state index in [2.05, 4.69) is 13.2 Å². The van der Waals surface area contributed by atoms with Gasteiger partial charge in [0, 0.05) is 12.0 Å². The highest BCUT2D eigenvalue weighted by Crippen LogP contribution is 2.00. The lowest BCUT2D eigenvalue weighted by Gasteiger charge is -2.08. The number of aliphatic hydroxyl groups is 1. The number of esters is 1. The minimum absolute atomic E-state index is 0.223. The molecule has 0 radical (unpaired) electrons. The molecule has 0 aliphatic carbocycles. The lowest BCUT2D eigenvalue weighted by molar-refractivity contribution is -0.139. The first-order valence-electron chi connectivity index (χ1n) is 4.19. The molecular weight excluding hydrogens is 168 g/mol. The summed E-state index contributed by atoms with van der Waals surface area (Å²) in [6.45, 7) is 8.73. The molecule has 1 atom stereocenters. The van der Waals surface area contributed by atoms with Gasteiger partial charge in [-0.05, 0) is 13.3 Å². The molecule has 13 heavy (non-hydrogen) atoms. The summed E-state index contributed by atoms with van der Waals surface area (Å²) in [5, 5.41) is 9.22. The van der Waals surface area contributed by atoms with Crippen molar-refractivity contribution in [3.05, 3.63) is 24.8 Å². The third-order valence-electron chi connectivity index (χ3n) is 1.47. The van der Waals surface area contributed by atoms with Gasteiger partial charge in [-0.1, -0.05) is 12.7 Å². The van der Waals surface area contributed by atoms with Gasteiger partial charge in [0.2, 0.25) is 0 Å². The Labute approximate surface area is 78.7 Å². The molecule has 1 N–H and O–H groups in total. The monoisotopic (exact) mass is 184 g/mol. The molecule has 0 aromatic carbocycles. The van der Waals surface area contributed by atoms with Crippen LogP contribution in [0.2, 0.25) is 0 Å². The molecular formula is C10H16O3. The number of hydrogen-bond acceptors (Lipinski definition) is 3. The van der Waals surface area contributed by atoms with Crippen molar-refractivity contribution < 1.29 is 14.6 Å². The van der Waals surface area contributed by atoms with Crippen LogP contribution in [0.4, 0.5) is 0 Å². The fourth-order valence-corrected chi connectivity index (χ4v) is 0.721. The zero-order chi connectivity index (χ0) is 10.3. The molecule has 0 fully saturated rings. The van der Waals surface area contributed by atoms with Crippen LogP contribution in [-0.2, 0) is 9.53 Å². The molecule has 0 aromatic rings. The first-order valence-corrected chi connectivity index (χ1v) is 4.19. The summed E-state index contributed by atoms with van der Waals surface area (Å²) in [5.41, 5.74) is 0.373. The van der Waals surface area contributed by atoms with E-state index in [1.54, 1.807) is 13.0 Å². The fraction of sp³-hybridized carbons (Fsp3) is 0.500. The van der Waals surface area contributed by atoms with E-state index in [0.717, 1.165) is 0 Å². The van der Waals surface area contributed by atoms with Crippen molar-refractivity contribution in [3.8, 4) is 0 Å². The average molecular weight is 184 g/mol. The molecule has 0 aliphatic heterocycles. The molecule has 1 unspecified atom stereocenters. The summed E-state index contributed by atoms with van der Waals surface area (Å²) in [4.78, 5) is 10.9. The summed E-state index contributed by atoms with van der Waals surface area (Å²) in [7, 11) is 0. The van der Waals surface area contributed by atoms with Crippen molar-refractivity contribution in [2.24, 2.45) is 0 Å². The number of carbonyl (C=O) groups excluding carboxylic acids is 1. The molecule has 3 heteroatoms. The molecule has 0 saturated carbocycles. The molecule has 0 rings (SSSR count). The number of ether oxygens (including phenoxy) is 1. The second-order valence-electron chi connectivity index (χ2n) is 2.88. The average Bonchev–Trinajstić information content (AvgIpc) is 2.04. The van der Waals surface area contributed by atoms with Gasteiger partial charge in [0.05, 0.1) is 12.7 Å². The molecule has 0 amide bonds. The molecule has 74 valence electrons. The molecule has 0 heterocycles. The predicted octanol–water partition coefficient (Wildman–Crippen LogP) is 1.43. The Morgan fingerprint density at radius 3 is 2.77 bits per heavy atom. The predicted molar refractivity (Wildman–Crippen MR) is 51.2 cm³/mol. The number of aliphatic hydroxyl groups excluding tert-OH is 1. The minimum atomic E-state index is -0.476. The summed E-state index contributed by atoms with van der Waals surface area (Å²) >= 11 is 0. The molecule has 3 nitrogen and oxygen atoms in total. The van der Waals surface area contributed by atoms with Crippen LogP contribution in [0.5, 0.6) is 0 Å². The van der Waals surface area contributed by atoms with Crippen LogP contribution in [0.25, 0.3) is 0 Å². The van der Waals surface area contributed by atoms with Crippen LogP contribution >= 0.6 is 0 Å². The highest BCUT2D eigenvalue weighted by molar-refractivity contribution is 5.86. The van der Waals surface area contributed by atoms with E-state index in [9.17, 15) is 9.90 Å². The summed E-state index contributed by atoms with van der Waals surface area (Å²) in [5.74, 6) is -0.411. The minimum Gasteiger partial charge on any atom is -0.462 e. The zero-order valence-electron chi connectivity index (χ0n) is 7.95. The molecule has 0 bridgehead atoms. The van der Waals surface area contributed by atoms with Gasteiger partial charge in [-0.25, -0.2) is 4.79 Å². The highest BCUT2D eigenvalue weighted by atomic mass is 16.5. The Balaban J connectivity index is 3.50. The third-order valence-corrected chi connectivity index (χ3v) is 1.47. The van der Waals surface area contributed by atoms with Gasteiger partial charge < -0.3 is 9.84 Å². The van der Waals surface area contributed by atoms with Crippen molar-refractivity contribution in [1.29, 1.82) is 0 Å². The van der Waals surface area contributed by atoms with Crippen molar-refractivity contribution in [2.75, 3.05) is 6.61 Å². The van der Waals surface area contributed by atoms with Gasteiger partial charge in [0.25, 0.3) is 0 Å². The van der Waals surface area contributed by atoms with Gasteiger partial charge in [0.1, 0.15) is 0 Å². The van der Waals surface area contributed by atoms with E-state index in [1.165, 1.54) is 0 Å². The van der Waals surface area contributed by atoms with E-state index in [1.807, 2.05) is 0 Å². The maximum absolute atomic E-state index is 10.9. The van der Waals surface area contributed by atoms with Gasteiger partial charge in [0.15, 0.2) is 0 Å². The lowest BCUT2D eigenvalue weighted by atomic mass is 10.2. The Hall–Kier alpha value is -1.09. The van der Waals surface area contributed by atoms with Gasteiger partial charge in [-0.15, -0.1) is 6.58 Å². The molecule has 0 aromatic heterocycles. The van der Waals surface area contributed by atoms with E-state index in [-0.39, 0.29) is 6.61 Å². The third kappa shape index (κ3) is 6.11. The van der Waals surface area contributed by atoms with Crippen molar-refractivity contribution >= 4 is 5.97 Å². The van der Waals surface area contributed by atoms with Crippen molar-refractivity contribution in [2.45, 2.75) is 25.9 Å². The van der Waals surface area contributed by atoms with E-state index >= 15 is 0 Å². The van der Waals surface area contributed by atoms with Gasteiger partial charge >= 0.3 is 5.97 Å². The van der Waals surface area contributed by atoms with Crippen LogP contribution < -0.4 is 0 Å². The van der Waals surface area contributed by atoms with Crippen LogP contribution in [0.1, 0.15) is 19.8 Å². The fourth-order valence-electron chi connectivity index (χ4n) is 0.721. The first-order chi connectivity index (χ1) is 6.07. The standard InChI is InChI=1S/C10H16O3/c1-4-5-9(11)6-7-13-10(12)8(2)3/h4,9,11H,1-2,5-7H2,3H3. The van der Waals surface area contributed by atoms with Gasteiger partial charge in [-0.2, -0.15) is 0 Å². The second-order valence-corrected chi connectivity index (χ2v) is 2.88. The molecule has 0 saturated heterocycles. The second kappa shape index (κ2) is 6.43. The van der Waals surface area contributed by atoms with Crippen molar-refractivity contribution in [1.82, 2.24) is 0 Å². The number of carbonyl (C=O) groups is 1. The van der Waals surface area contributed by atoms with E-state index in [0.29, 0.717) is 18.4 Å². The largest absolute Gasteiger partial charge is 0.462 e. The maximum atomic E-state index is 10.9. The van der Waals surface area contributed by atoms with Crippen LogP contribution in [0.15, 0.2) is 24.8 Å². The number of rotatable bonds is 6. The Morgan fingerprint density at radius 1 is 1.69 bits per heavy atom. The van der Waals surface area contributed by atoms with Gasteiger partial charge in [-0.3, -0.25) is 0 Å². The van der Waals surface area contributed by atoms with Crippen LogP contribution in [0.3, 0.4) is 0 Å². The molecule has 0 aliphatic rings. The Bertz CT molecular complexity index is 196. The number of hydrogen-bond donors (Lipinski definition) is 1. The smallest absolute Gasteiger partial charge is 0.333 e. The first kappa shape index (κ1) is 11.9. The quantitative estimate of drug-likeness (QED) is 0.386. The van der Waals surface area contributed by atoms with E-state index in [4.69, 9.17) is 4.74 Å². The highest BCUT2D eigenvalue weighted by Gasteiger charge is 2.05. The normalized spacial score (nSPS) is 11.8. The SMILES string of the molecule is C=CCC(O)CCOC(=O)C(=C)C. The van der Waals surface area contributed by atoms with E-state index < -0.39 is 12.1 Å². The summed E-state index contributed by atoms with van der Waals surface area (Å²) < 4.78 is 4.79. The maximum Gasteiger partial charge on any atom is 0.333 e. The van der Waals surface area contributed by atoms with Crippen molar-refractivity contribution in [3.63, 3.8) is 0 Å². The van der Waals surface area contributed by atoms with Crippen LogP contribution in [0, 0.1) is 0 Å². The lowest BCUT2D eigenvalue weighted by Crippen LogP contribution is -2.13. The summed E-state index contributed by atoms with van der Waals surface area (Å²) in [6, 6.07) is 0. The zero-order valence-corrected chi connectivity index (χ0v) is 7.95. The Kier molecular flexibility index (Phi) is 5.89. The van der Waals surface area contributed by atoms with Crippen LogP contribution in [-0.4, -0.2) is 23.8 Å². The topological polar surface area (TPSA) is 46.5 Å².